The van der Waals surface area contributed by atoms with Gasteiger partial charge in [0.15, 0.2) is 0 Å². The van der Waals surface area contributed by atoms with E-state index in [9.17, 15) is 14.4 Å². The average molecular weight is 428 g/mol. The molecule has 1 atom stereocenters. The van der Waals surface area contributed by atoms with Crippen LogP contribution in [0.3, 0.4) is 0 Å². The molecule has 1 N–H and O–H groups in total. The SMILES string of the molecule is CCCOC(=O)Oc1ccc(C[C@H]([As])C(=O)O)cc1OC(=O)OCCC. The molecule has 0 unspecified atom stereocenters. The molecule has 0 fully saturated rings. The van der Waals surface area contributed by atoms with Crippen molar-refractivity contribution in [3.05, 3.63) is 23.8 Å². The number of aliphatic carboxylic acids is 1. The van der Waals surface area contributed by atoms with Gasteiger partial charge in [-0.25, -0.2) is 0 Å². The zero-order valence-electron chi connectivity index (χ0n) is 14.6. The molecule has 26 heavy (non-hydrogen) atoms. The van der Waals surface area contributed by atoms with Crippen LogP contribution in [0.15, 0.2) is 18.2 Å². The standard InChI is InChI=1S/C17H21AsO8/c1-3-7-23-16(21)25-13-6-5-11(9-12(18)15(19)20)10-14(13)26-17(22)24-8-4-2/h5-6,10,12H,3-4,7-9H2,1-2H3,(H,19,20)/t12-/m0/s1. The van der Waals surface area contributed by atoms with Gasteiger partial charge in [-0.1, -0.05) is 0 Å². The van der Waals surface area contributed by atoms with Crippen LogP contribution in [0.1, 0.15) is 32.3 Å². The first kappa shape index (κ1) is 21.8. The molecule has 0 spiro atoms. The van der Waals surface area contributed by atoms with Gasteiger partial charge in [-0.3, -0.25) is 0 Å². The summed E-state index contributed by atoms with van der Waals surface area (Å²) in [6.45, 7) is 4.04. The zero-order valence-corrected chi connectivity index (χ0v) is 16.5. The van der Waals surface area contributed by atoms with E-state index in [1.807, 2.05) is 13.8 Å². The maximum absolute atomic E-state index is 11.7. The number of carboxylic acid groups (broad SMARTS) is 1. The summed E-state index contributed by atoms with van der Waals surface area (Å²) in [5, 5.41) is 9.00. The fourth-order valence-electron chi connectivity index (χ4n) is 1.76. The van der Waals surface area contributed by atoms with E-state index in [1.165, 1.54) is 12.1 Å². The molecule has 0 aromatic heterocycles. The van der Waals surface area contributed by atoms with Crippen molar-refractivity contribution in [2.45, 2.75) is 37.8 Å². The quantitative estimate of drug-likeness (QED) is 0.363. The summed E-state index contributed by atoms with van der Waals surface area (Å²) in [5.41, 5.74) is 0.589. The normalized spacial score (nSPS) is 11.3. The molecule has 9 heteroatoms. The van der Waals surface area contributed by atoms with Crippen molar-refractivity contribution in [3.63, 3.8) is 0 Å². The maximum atomic E-state index is 11.7. The Kier molecular flexibility index (Phi) is 9.58. The number of rotatable bonds is 9. The Morgan fingerprint density at radius 1 is 1.00 bits per heavy atom. The van der Waals surface area contributed by atoms with Crippen molar-refractivity contribution >= 4 is 35.1 Å². The van der Waals surface area contributed by atoms with Crippen LogP contribution in [0.25, 0.3) is 0 Å². The molecule has 0 saturated heterocycles. The van der Waals surface area contributed by atoms with Crippen LogP contribution >= 0.6 is 0 Å². The fraction of sp³-hybridized carbons (Fsp3) is 0.471. The summed E-state index contributed by atoms with van der Waals surface area (Å²) in [4.78, 5) is 34.3. The number of hydrogen-bond acceptors (Lipinski definition) is 7. The molecular formula is C17H21AsO8. The van der Waals surface area contributed by atoms with Crippen LogP contribution in [-0.4, -0.2) is 53.5 Å². The third-order valence-electron chi connectivity index (χ3n) is 2.96. The molecular weight excluding hydrogens is 407 g/mol. The van der Waals surface area contributed by atoms with Crippen molar-refractivity contribution < 1.29 is 38.4 Å². The molecule has 142 valence electrons. The number of benzene rings is 1. The molecule has 0 heterocycles. The molecule has 1 aromatic rings. The van der Waals surface area contributed by atoms with Crippen LogP contribution in [0.4, 0.5) is 9.59 Å². The fourth-order valence-corrected chi connectivity index (χ4v) is 2.21. The minimum absolute atomic E-state index is 0.0271. The Hall–Kier alpha value is -2.21. The van der Waals surface area contributed by atoms with Crippen LogP contribution in [0, 0.1) is 0 Å². The predicted octanol–water partition coefficient (Wildman–Crippen LogP) is 3.12. The summed E-state index contributed by atoms with van der Waals surface area (Å²) in [6.07, 6.45) is -0.433. The predicted molar refractivity (Wildman–Crippen MR) is 91.8 cm³/mol. The second-order valence-corrected chi connectivity index (χ2v) is 6.55. The summed E-state index contributed by atoms with van der Waals surface area (Å²) in [6, 6.07) is 4.42. The van der Waals surface area contributed by atoms with E-state index >= 15 is 0 Å². The molecule has 0 aliphatic heterocycles. The molecule has 1 rings (SSSR count). The first-order valence-electron chi connectivity index (χ1n) is 8.10. The van der Waals surface area contributed by atoms with E-state index in [1.54, 1.807) is 6.07 Å². The van der Waals surface area contributed by atoms with Gasteiger partial charge in [0.2, 0.25) is 0 Å². The Balaban J connectivity index is 2.96. The summed E-state index contributed by atoms with van der Waals surface area (Å²) >= 11 is 2.05. The van der Waals surface area contributed by atoms with Gasteiger partial charge in [0.25, 0.3) is 0 Å². The van der Waals surface area contributed by atoms with Gasteiger partial charge in [-0.2, -0.15) is 0 Å². The van der Waals surface area contributed by atoms with Crippen molar-refractivity contribution in [3.8, 4) is 11.5 Å². The van der Waals surface area contributed by atoms with E-state index in [0.29, 0.717) is 18.4 Å². The molecule has 0 saturated carbocycles. The van der Waals surface area contributed by atoms with Crippen LogP contribution in [0.5, 0.6) is 11.5 Å². The molecule has 8 nitrogen and oxygen atoms in total. The third-order valence-corrected chi connectivity index (χ3v) is 3.80. The Labute approximate surface area is 160 Å². The van der Waals surface area contributed by atoms with E-state index < -0.39 is 23.0 Å². The van der Waals surface area contributed by atoms with E-state index in [4.69, 9.17) is 24.1 Å². The average Bonchev–Trinajstić information content (AvgIpc) is 2.60. The number of carbonyl (C=O) groups excluding carboxylic acids is 2. The van der Waals surface area contributed by atoms with Crippen molar-refractivity contribution in [2.75, 3.05) is 13.2 Å². The van der Waals surface area contributed by atoms with Crippen molar-refractivity contribution in [1.82, 2.24) is 0 Å². The zero-order chi connectivity index (χ0) is 19.5. The summed E-state index contributed by atoms with van der Waals surface area (Å²) in [7, 11) is 0. The number of carboxylic acids is 1. The van der Waals surface area contributed by atoms with Gasteiger partial charge < -0.3 is 0 Å². The topological polar surface area (TPSA) is 108 Å². The molecule has 0 amide bonds. The third kappa shape index (κ3) is 7.78. The van der Waals surface area contributed by atoms with Gasteiger partial charge in [0.1, 0.15) is 0 Å². The monoisotopic (exact) mass is 428 g/mol. The second kappa shape index (κ2) is 11.4. The van der Waals surface area contributed by atoms with E-state index in [0.717, 1.165) is 0 Å². The molecule has 2 radical (unpaired) electrons. The summed E-state index contributed by atoms with van der Waals surface area (Å²) < 4.78 is 19.1. The van der Waals surface area contributed by atoms with Crippen molar-refractivity contribution in [2.24, 2.45) is 0 Å². The minimum atomic E-state index is -0.974. The molecule has 0 bridgehead atoms. The van der Waals surface area contributed by atoms with Gasteiger partial charge in [-0.15, -0.1) is 0 Å². The van der Waals surface area contributed by atoms with Crippen LogP contribution in [0.2, 0.25) is 4.71 Å². The molecule has 0 aliphatic carbocycles. The Morgan fingerprint density at radius 3 is 2.04 bits per heavy atom. The van der Waals surface area contributed by atoms with Gasteiger partial charge in [-0.05, 0) is 0 Å². The van der Waals surface area contributed by atoms with E-state index in [-0.39, 0.29) is 31.1 Å². The number of carbonyl (C=O) groups is 3. The van der Waals surface area contributed by atoms with E-state index in [2.05, 4.69) is 16.9 Å². The number of hydrogen-bond donors (Lipinski definition) is 1. The van der Waals surface area contributed by atoms with Gasteiger partial charge in [0.05, 0.1) is 0 Å². The Morgan fingerprint density at radius 2 is 1.54 bits per heavy atom. The van der Waals surface area contributed by atoms with Crippen molar-refractivity contribution in [1.29, 1.82) is 0 Å². The number of ether oxygens (including phenoxy) is 4. The first-order valence-corrected chi connectivity index (χ1v) is 9.18. The first-order chi connectivity index (χ1) is 12.4. The molecule has 0 aliphatic rings. The second-order valence-electron chi connectivity index (χ2n) is 5.24. The van der Waals surface area contributed by atoms with Gasteiger partial charge in [0, 0.05) is 0 Å². The molecule has 1 aromatic carbocycles. The Bertz CT molecular complexity index is 631. The van der Waals surface area contributed by atoms with Crippen LogP contribution < -0.4 is 9.47 Å². The van der Waals surface area contributed by atoms with Crippen LogP contribution in [-0.2, 0) is 20.7 Å². The van der Waals surface area contributed by atoms with Gasteiger partial charge >= 0.3 is 160 Å². The summed E-state index contributed by atoms with van der Waals surface area (Å²) in [5.74, 6) is -1.05.